The van der Waals surface area contributed by atoms with E-state index in [-0.39, 0.29) is 0 Å². The van der Waals surface area contributed by atoms with Crippen LogP contribution in [-0.4, -0.2) is 19.3 Å². The Morgan fingerprint density at radius 1 is 1.19 bits per heavy atom. The molecule has 1 saturated heterocycles. The van der Waals surface area contributed by atoms with Gasteiger partial charge in [0.15, 0.2) is 0 Å². The highest BCUT2D eigenvalue weighted by molar-refractivity contribution is 5.33. The molecule has 2 nitrogen and oxygen atoms in total. The maximum absolute atomic E-state index is 5.76. The summed E-state index contributed by atoms with van der Waals surface area (Å²) in [6.45, 7) is 4.27. The summed E-state index contributed by atoms with van der Waals surface area (Å²) in [6.07, 6.45) is 9.61. The zero-order valence-electron chi connectivity index (χ0n) is 13.3. The molecule has 116 valence electrons. The predicted octanol–water partition coefficient (Wildman–Crippen LogP) is 4.25. The van der Waals surface area contributed by atoms with Crippen LogP contribution >= 0.6 is 0 Å². The summed E-state index contributed by atoms with van der Waals surface area (Å²) in [4.78, 5) is 0. The maximum Gasteiger partial charge on any atom is 0.0576 e. The van der Waals surface area contributed by atoms with Crippen LogP contribution in [0.15, 0.2) is 24.3 Å². The van der Waals surface area contributed by atoms with Crippen molar-refractivity contribution in [3.8, 4) is 0 Å². The minimum atomic E-state index is 0.554. The third-order valence-electron chi connectivity index (χ3n) is 5.20. The molecule has 1 fully saturated rings. The van der Waals surface area contributed by atoms with Crippen LogP contribution in [0.2, 0.25) is 0 Å². The van der Waals surface area contributed by atoms with Gasteiger partial charge in [0.1, 0.15) is 0 Å². The van der Waals surface area contributed by atoms with Crippen molar-refractivity contribution in [3.63, 3.8) is 0 Å². The Hall–Kier alpha value is -0.860. The molecule has 0 bridgehead atoms. The van der Waals surface area contributed by atoms with E-state index in [2.05, 4.69) is 36.5 Å². The van der Waals surface area contributed by atoms with Gasteiger partial charge in [-0.2, -0.15) is 0 Å². The Morgan fingerprint density at radius 3 is 2.90 bits per heavy atom. The Kier molecular flexibility index (Phi) is 5.32. The van der Waals surface area contributed by atoms with Crippen molar-refractivity contribution in [1.82, 2.24) is 5.32 Å². The van der Waals surface area contributed by atoms with Crippen LogP contribution in [0.25, 0.3) is 0 Å². The summed E-state index contributed by atoms with van der Waals surface area (Å²) in [5.41, 5.74) is 3.10. The number of aryl methyl sites for hydroxylation is 1. The van der Waals surface area contributed by atoms with E-state index in [1.807, 2.05) is 0 Å². The maximum atomic E-state index is 5.76. The fourth-order valence-electron chi connectivity index (χ4n) is 4.11. The SMILES string of the molecule is CCNC1c2ccccc2CCC1CCCC1CCCO1. The van der Waals surface area contributed by atoms with E-state index < -0.39 is 0 Å². The first-order valence-electron chi connectivity index (χ1n) is 8.81. The molecule has 0 saturated carbocycles. The molecule has 1 aliphatic heterocycles. The number of hydrogen-bond donors (Lipinski definition) is 1. The van der Waals surface area contributed by atoms with Crippen LogP contribution in [0.3, 0.4) is 0 Å². The summed E-state index contributed by atoms with van der Waals surface area (Å²) < 4.78 is 5.76. The first-order valence-corrected chi connectivity index (χ1v) is 8.81. The van der Waals surface area contributed by atoms with Gasteiger partial charge >= 0.3 is 0 Å². The Bertz CT molecular complexity index is 439. The molecule has 2 heteroatoms. The lowest BCUT2D eigenvalue weighted by molar-refractivity contribution is 0.0995. The van der Waals surface area contributed by atoms with E-state index in [1.54, 1.807) is 11.1 Å². The highest BCUT2D eigenvalue weighted by Crippen LogP contribution is 2.37. The van der Waals surface area contributed by atoms with Gasteiger partial charge in [-0.3, -0.25) is 0 Å². The molecular weight excluding hydrogens is 258 g/mol. The molecule has 1 N–H and O–H groups in total. The zero-order valence-corrected chi connectivity index (χ0v) is 13.3. The second kappa shape index (κ2) is 7.42. The number of hydrogen-bond acceptors (Lipinski definition) is 2. The number of ether oxygens (including phenoxy) is 1. The Morgan fingerprint density at radius 2 is 2.10 bits per heavy atom. The average Bonchev–Trinajstić information content (AvgIpc) is 3.03. The van der Waals surface area contributed by atoms with Gasteiger partial charge < -0.3 is 10.1 Å². The molecule has 1 aromatic rings. The van der Waals surface area contributed by atoms with Crippen molar-refractivity contribution in [2.24, 2.45) is 5.92 Å². The lowest BCUT2D eigenvalue weighted by Gasteiger charge is -2.34. The summed E-state index contributed by atoms with van der Waals surface area (Å²) >= 11 is 0. The summed E-state index contributed by atoms with van der Waals surface area (Å²) in [5.74, 6) is 0.793. The normalized spacial score (nSPS) is 28.5. The molecule has 21 heavy (non-hydrogen) atoms. The molecule has 0 amide bonds. The van der Waals surface area contributed by atoms with E-state index >= 15 is 0 Å². The molecule has 0 radical (unpaired) electrons. The minimum Gasteiger partial charge on any atom is -0.378 e. The van der Waals surface area contributed by atoms with Crippen molar-refractivity contribution in [3.05, 3.63) is 35.4 Å². The number of fused-ring (bicyclic) bond motifs is 1. The average molecular weight is 287 g/mol. The van der Waals surface area contributed by atoms with Crippen molar-refractivity contribution < 1.29 is 4.74 Å². The van der Waals surface area contributed by atoms with Crippen molar-refractivity contribution in [1.29, 1.82) is 0 Å². The Labute approximate surface area is 129 Å². The molecule has 2 aliphatic rings. The molecular formula is C19H29NO. The molecule has 1 aliphatic carbocycles. The van der Waals surface area contributed by atoms with Gasteiger partial charge in [-0.1, -0.05) is 37.6 Å². The van der Waals surface area contributed by atoms with E-state index in [0.29, 0.717) is 12.1 Å². The minimum absolute atomic E-state index is 0.554. The van der Waals surface area contributed by atoms with E-state index in [1.165, 1.54) is 44.9 Å². The first-order chi connectivity index (χ1) is 10.4. The van der Waals surface area contributed by atoms with Crippen LogP contribution in [0.5, 0.6) is 0 Å². The highest BCUT2D eigenvalue weighted by Gasteiger charge is 2.28. The molecule has 1 heterocycles. The van der Waals surface area contributed by atoms with Crippen LogP contribution in [0, 0.1) is 5.92 Å². The lowest BCUT2D eigenvalue weighted by atomic mass is 9.77. The second-order valence-corrected chi connectivity index (χ2v) is 6.60. The van der Waals surface area contributed by atoms with Gasteiger partial charge in [0.2, 0.25) is 0 Å². The van der Waals surface area contributed by atoms with Gasteiger partial charge in [0, 0.05) is 12.6 Å². The molecule has 0 spiro atoms. The number of rotatable bonds is 6. The molecule has 0 aromatic heterocycles. The first kappa shape index (κ1) is 15.1. The molecule has 3 rings (SSSR count). The lowest BCUT2D eigenvalue weighted by Crippen LogP contribution is -2.32. The zero-order chi connectivity index (χ0) is 14.5. The van der Waals surface area contributed by atoms with Crippen molar-refractivity contribution in [2.75, 3.05) is 13.2 Å². The van der Waals surface area contributed by atoms with Gasteiger partial charge in [-0.05, 0) is 62.1 Å². The molecule has 3 atom stereocenters. The molecule has 3 unspecified atom stereocenters. The van der Waals surface area contributed by atoms with E-state index in [4.69, 9.17) is 4.74 Å². The quantitative estimate of drug-likeness (QED) is 0.844. The van der Waals surface area contributed by atoms with Gasteiger partial charge in [0.05, 0.1) is 6.10 Å². The van der Waals surface area contributed by atoms with Crippen molar-refractivity contribution in [2.45, 2.75) is 64.0 Å². The summed E-state index contributed by atoms with van der Waals surface area (Å²) in [7, 11) is 0. The standard InChI is InChI=1S/C19H29NO/c1-2-20-19-16(8-5-9-17-10-6-14-21-17)13-12-15-7-3-4-11-18(15)19/h3-4,7,11,16-17,19-20H,2,5-6,8-10,12-14H2,1H3. The van der Waals surface area contributed by atoms with Crippen LogP contribution in [0.1, 0.15) is 62.6 Å². The predicted molar refractivity (Wildman–Crippen MR) is 87.5 cm³/mol. The monoisotopic (exact) mass is 287 g/mol. The summed E-state index contributed by atoms with van der Waals surface area (Å²) in [6, 6.07) is 9.57. The summed E-state index contributed by atoms with van der Waals surface area (Å²) in [5, 5.41) is 3.74. The molecule has 1 aromatic carbocycles. The van der Waals surface area contributed by atoms with Crippen LogP contribution in [0.4, 0.5) is 0 Å². The van der Waals surface area contributed by atoms with Gasteiger partial charge in [0.25, 0.3) is 0 Å². The largest absolute Gasteiger partial charge is 0.378 e. The van der Waals surface area contributed by atoms with Gasteiger partial charge in [-0.15, -0.1) is 0 Å². The fourth-order valence-corrected chi connectivity index (χ4v) is 4.11. The van der Waals surface area contributed by atoms with E-state index in [9.17, 15) is 0 Å². The fraction of sp³-hybridized carbons (Fsp3) is 0.684. The Balaban J connectivity index is 1.59. The number of benzene rings is 1. The third kappa shape index (κ3) is 3.67. The van der Waals surface area contributed by atoms with Crippen LogP contribution < -0.4 is 5.32 Å². The smallest absolute Gasteiger partial charge is 0.0576 e. The number of nitrogens with one attached hydrogen (secondary N) is 1. The van der Waals surface area contributed by atoms with Gasteiger partial charge in [-0.25, -0.2) is 0 Å². The van der Waals surface area contributed by atoms with E-state index in [0.717, 1.165) is 19.1 Å². The topological polar surface area (TPSA) is 21.3 Å². The second-order valence-electron chi connectivity index (χ2n) is 6.60. The highest BCUT2D eigenvalue weighted by atomic mass is 16.5. The third-order valence-corrected chi connectivity index (χ3v) is 5.20. The van der Waals surface area contributed by atoms with Crippen molar-refractivity contribution >= 4 is 0 Å². The van der Waals surface area contributed by atoms with Crippen LogP contribution in [-0.2, 0) is 11.2 Å².